The standard InChI is InChI=1S/C14H22ClN3OS/c1-17(2)14(19)18-9-6-11(7-10-18)16-8-5-12-3-4-13(15)20-12/h3-4,11,16H,5-10H2,1-2H3. The second kappa shape index (κ2) is 7.29. The highest BCUT2D eigenvalue weighted by molar-refractivity contribution is 7.16. The fraction of sp³-hybridized carbons (Fsp3) is 0.643. The molecule has 0 unspecified atom stereocenters. The van der Waals surface area contributed by atoms with Gasteiger partial charge in [0.05, 0.1) is 4.34 Å². The highest BCUT2D eigenvalue weighted by Gasteiger charge is 2.23. The largest absolute Gasteiger partial charge is 0.331 e. The molecular weight excluding hydrogens is 294 g/mol. The van der Waals surface area contributed by atoms with Crippen LogP contribution in [-0.2, 0) is 6.42 Å². The van der Waals surface area contributed by atoms with Gasteiger partial charge in [-0.2, -0.15) is 0 Å². The second-order valence-electron chi connectivity index (χ2n) is 5.35. The topological polar surface area (TPSA) is 35.6 Å². The Kier molecular flexibility index (Phi) is 5.69. The van der Waals surface area contributed by atoms with Crippen LogP contribution in [0.1, 0.15) is 17.7 Å². The van der Waals surface area contributed by atoms with Crippen molar-refractivity contribution in [1.29, 1.82) is 0 Å². The molecule has 6 heteroatoms. The van der Waals surface area contributed by atoms with Crippen LogP contribution in [0.4, 0.5) is 4.79 Å². The summed E-state index contributed by atoms with van der Waals surface area (Å²) in [5.74, 6) is 0. The van der Waals surface area contributed by atoms with E-state index >= 15 is 0 Å². The van der Waals surface area contributed by atoms with Crippen molar-refractivity contribution in [3.8, 4) is 0 Å². The summed E-state index contributed by atoms with van der Waals surface area (Å²) in [5, 5.41) is 3.58. The van der Waals surface area contributed by atoms with Crippen LogP contribution < -0.4 is 5.32 Å². The van der Waals surface area contributed by atoms with Gasteiger partial charge in [-0.15, -0.1) is 11.3 Å². The Labute approximate surface area is 129 Å². The summed E-state index contributed by atoms with van der Waals surface area (Å²) in [4.78, 5) is 16.7. The van der Waals surface area contributed by atoms with Gasteiger partial charge < -0.3 is 15.1 Å². The normalized spacial score (nSPS) is 16.4. The van der Waals surface area contributed by atoms with Gasteiger partial charge in [-0.05, 0) is 31.4 Å². The molecule has 1 N–H and O–H groups in total. The van der Waals surface area contributed by atoms with Crippen LogP contribution in [-0.4, -0.2) is 55.6 Å². The maximum atomic E-state index is 11.8. The molecule has 4 nitrogen and oxygen atoms in total. The number of urea groups is 1. The molecule has 0 aliphatic carbocycles. The van der Waals surface area contributed by atoms with Crippen molar-refractivity contribution in [2.45, 2.75) is 25.3 Å². The molecule has 1 aromatic heterocycles. The zero-order valence-corrected chi connectivity index (χ0v) is 13.6. The number of piperidine rings is 1. The lowest BCUT2D eigenvalue weighted by atomic mass is 10.1. The Balaban J connectivity index is 1.66. The van der Waals surface area contributed by atoms with E-state index in [1.165, 1.54) is 4.88 Å². The van der Waals surface area contributed by atoms with E-state index < -0.39 is 0 Å². The average Bonchev–Trinajstić information content (AvgIpc) is 2.84. The fourth-order valence-electron chi connectivity index (χ4n) is 2.44. The predicted molar refractivity (Wildman–Crippen MR) is 84.7 cm³/mol. The van der Waals surface area contributed by atoms with Crippen molar-refractivity contribution < 1.29 is 4.79 Å². The summed E-state index contributed by atoms with van der Waals surface area (Å²) >= 11 is 7.56. The molecule has 0 saturated carbocycles. The number of carbonyl (C=O) groups excluding carboxylic acids is 1. The van der Waals surface area contributed by atoms with Gasteiger partial charge in [-0.25, -0.2) is 4.79 Å². The minimum atomic E-state index is 0.122. The number of halogens is 1. The molecule has 1 fully saturated rings. The molecule has 112 valence electrons. The first-order valence-electron chi connectivity index (χ1n) is 7.00. The van der Waals surface area contributed by atoms with Gasteiger partial charge in [0.2, 0.25) is 0 Å². The molecule has 0 atom stereocenters. The summed E-state index contributed by atoms with van der Waals surface area (Å²) in [6.45, 7) is 2.67. The van der Waals surface area contributed by atoms with Crippen molar-refractivity contribution in [1.82, 2.24) is 15.1 Å². The van der Waals surface area contributed by atoms with Gasteiger partial charge in [-0.3, -0.25) is 0 Å². The zero-order valence-electron chi connectivity index (χ0n) is 12.1. The molecule has 0 radical (unpaired) electrons. The summed E-state index contributed by atoms with van der Waals surface area (Å²) in [5.41, 5.74) is 0. The van der Waals surface area contributed by atoms with Crippen LogP contribution in [0.25, 0.3) is 0 Å². The van der Waals surface area contributed by atoms with E-state index in [0.29, 0.717) is 6.04 Å². The van der Waals surface area contributed by atoms with E-state index in [1.54, 1.807) is 30.3 Å². The Hall–Kier alpha value is -0.780. The molecule has 1 aromatic rings. The van der Waals surface area contributed by atoms with Gasteiger partial charge >= 0.3 is 6.03 Å². The summed E-state index contributed by atoms with van der Waals surface area (Å²) in [6.07, 6.45) is 3.09. The maximum Gasteiger partial charge on any atom is 0.319 e. The van der Waals surface area contributed by atoms with Crippen molar-refractivity contribution in [3.05, 3.63) is 21.3 Å². The third kappa shape index (κ3) is 4.36. The average molecular weight is 316 g/mol. The van der Waals surface area contributed by atoms with Gasteiger partial charge in [0.1, 0.15) is 0 Å². The van der Waals surface area contributed by atoms with Crippen molar-refractivity contribution in [2.75, 3.05) is 33.7 Å². The molecule has 0 aromatic carbocycles. The van der Waals surface area contributed by atoms with E-state index in [2.05, 4.69) is 11.4 Å². The summed E-state index contributed by atoms with van der Waals surface area (Å²) < 4.78 is 0.857. The molecular formula is C14H22ClN3OS. The fourth-order valence-corrected chi connectivity index (χ4v) is 3.53. The summed E-state index contributed by atoms with van der Waals surface area (Å²) in [7, 11) is 3.61. The number of carbonyl (C=O) groups is 1. The monoisotopic (exact) mass is 315 g/mol. The highest BCUT2D eigenvalue weighted by atomic mass is 35.5. The van der Waals surface area contributed by atoms with Crippen molar-refractivity contribution in [3.63, 3.8) is 0 Å². The lowest BCUT2D eigenvalue weighted by molar-refractivity contribution is 0.152. The molecule has 20 heavy (non-hydrogen) atoms. The first-order valence-corrected chi connectivity index (χ1v) is 8.19. The van der Waals surface area contributed by atoms with Crippen LogP contribution in [0.15, 0.2) is 12.1 Å². The third-order valence-corrected chi connectivity index (χ3v) is 4.87. The van der Waals surface area contributed by atoms with E-state index in [1.807, 2.05) is 11.0 Å². The van der Waals surface area contributed by atoms with Crippen LogP contribution in [0, 0.1) is 0 Å². The number of likely N-dealkylation sites (tertiary alicyclic amines) is 1. The first kappa shape index (κ1) is 15.6. The number of thiophene rings is 1. The number of amides is 2. The SMILES string of the molecule is CN(C)C(=O)N1CCC(NCCc2ccc(Cl)s2)CC1. The number of hydrogen-bond donors (Lipinski definition) is 1. The Morgan fingerprint density at radius 2 is 2.15 bits per heavy atom. The Morgan fingerprint density at radius 1 is 1.45 bits per heavy atom. The van der Waals surface area contributed by atoms with Crippen LogP contribution in [0.5, 0.6) is 0 Å². The first-order chi connectivity index (χ1) is 9.56. The number of hydrogen-bond acceptors (Lipinski definition) is 3. The molecule has 1 saturated heterocycles. The summed E-state index contributed by atoms with van der Waals surface area (Å²) in [6, 6.07) is 4.69. The van der Waals surface area contributed by atoms with Gasteiger partial charge in [0.15, 0.2) is 0 Å². The molecule has 2 rings (SSSR count). The second-order valence-corrected chi connectivity index (χ2v) is 7.15. The van der Waals surface area contributed by atoms with Gasteiger partial charge in [-0.1, -0.05) is 11.6 Å². The van der Waals surface area contributed by atoms with Crippen LogP contribution in [0.3, 0.4) is 0 Å². The van der Waals surface area contributed by atoms with E-state index in [4.69, 9.17) is 11.6 Å². The quantitative estimate of drug-likeness (QED) is 0.927. The Morgan fingerprint density at radius 3 is 2.70 bits per heavy atom. The Bertz CT molecular complexity index is 441. The van der Waals surface area contributed by atoms with Crippen molar-refractivity contribution >= 4 is 29.0 Å². The highest BCUT2D eigenvalue weighted by Crippen LogP contribution is 2.21. The molecule has 2 heterocycles. The zero-order chi connectivity index (χ0) is 14.5. The molecule has 2 amide bonds. The van der Waals surface area contributed by atoms with E-state index in [9.17, 15) is 4.79 Å². The molecule has 0 bridgehead atoms. The molecule has 1 aliphatic heterocycles. The molecule has 0 spiro atoms. The smallest absolute Gasteiger partial charge is 0.319 e. The van der Waals surface area contributed by atoms with Gasteiger partial charge in [0, 0.05) is 44.6 Å². The number of nitrogens with zero attached hydrogens (tertiary/aromatic N) is 2. The maximum absolute atomic E-state index is 11.8. The van der Waals surface area contributed by atoms with Crippen LogP contribution in [0.2, 0.25) is 4.34 Å². The van der Waals surface area contributed by atoms with E-state index in [0.717, 1.165) is 43.2 Å². The molecule has 1 aliphatic rings. The predicted octanol–water partition coefficient (Wildman–Crippen LogP) is 2.68. The lowest BCUT2D eigenvalue weighted by Gasteiger charge is -2.34. The number of nitrogens with one attached hydrogen (secondary N) is 1. The van der Waals surface area contributed by atoms with Gasteiger partial charge in [0.25, 0.3) is 0 Å². The number of rotatable bonds is 4. The minimum Gasteiger partial charge on any atom is -0.331 e. The lowest BCUT2D eigenvalue weighted by Crippen LogP contribution is -2.48. The third-order valence-electron chi connectivity index (χ3n) is 3.58. The minimum absolute atomic E-state index is 0.122. The van der Waals surface area contributed by atoms with Crippen molar-refractivity contribution in [2.24, 2.45) is 0 Å². The van der Waals surface area contributed by atoms with E-state index in [-0.39, 0.29) is 6.03 Å². The van der Waals surface area contributed by atoms with Crippen LogP contribution >= 0.6 is 22.9 Å².